The van der Waals surface area contributed by atoms with Gasteiger partial charge in [-0.25, -0.2) is 4.79 Å². The lowest BCUT2D eigenvalue weighted by atomic mass is 9.96. The zero-order chi connectivity index (χ0) is 15.3. The third-order valence-corrected chi connectivity index (χ3v) is 2.86. The summed E-state index contributed by atoms with van der Waals surface area (Å²) in [7, 11) is 0. The Balaban J connectivity index is 3.07. The molecule has 20 heavy (non-hydrogen) atoms. The number of halogens is 3. The summed E-state index contributed by atoms with van der Waals surface area (Å²) in [6.07, 6.45) is -4.39. The Morgan fingerprint density at radius 2 is 1.85 bits per heavy atom. The molecule has 1 aromatic rings. The van der Waals surface area contributed by atoms with Gasteiger partial charge in [-0.1, -0.05) is 18.2 Å². The van der Waals surface area contributed by atoms with E-state index in [1.54, 1.807) is 39.0 Å². The fourth-order valence-corrected chi connectivity index (χ4v) is 2.03. The van der Waals surface area contributed by atoms with Gasteiger partial charge in [0.05, 0.1) is 13.2 Å². The minimum Gasteiger partial charge on any atom is -0.465 e. The highest BCUT2D eigenvalue weighted by atomic mass is 19.4. The number of hydrogen-bond donors (Lipinski definition) is 1. The molecule has 0 amide bonds. The average molecular weight is 289 g/mol. The van der Waals surface area contributed by atoms with Crippen molar-refractivity contribution in [2.75, 3.05) is 13.2 Å². The van der Waals surface area contributed by atoms with Crippen LogP contribution < -0.4 is 5.32 Å². The summed E-state index contributed by atoms with van der Waals surface area (Å²) < 4.78 is 42.0. The fraction of sp³-hybridized carbons (Fsp3) is 0.500. The van der Waals surface area contributed by atoms with Crippen LogP contribution in [0.15, 0.2) is 18.2 Å². The summed E-state index contributed by atoms with van der Waals surface area (Å²) in [5, 5.41) is 2.24. The Labute approximate surface area is 116 Å². The Morgan fingerprint density at radius 1 is 1.30 bits per heavy atom. The minimum atomic E-state index is -4.39. The van der Waals surface area contributed by atoms with Gasteiger partial charge in [-0.15, -0.1) is 0 Å². The van der Waals surface area contributed by atoms with Crippen molar-refractivity contribution < 1.29 is 22.7 Å². The number of carbonyl (C=O) groups excluding carboxylic acids is 1. The van der Waals surface area contributed by atoms with Crippen LogP contribution in [0, 0.1) is 13.8 Å². The van der Waals surface area contributed by atoms with Gasteiger partial charge < -0.3 is 4.74 Å². The Bertz CT molecular complexity index is 452. The molecule has 0 aliphatic rings. The van der Waals surface area contributed by atoms with Crippen LogP contribution in [0.3, 0.4) is 0 Å². The molecular formula is C14H18F3NO2. The third kappa shape index (κ3) is 4.52. The maximum Gasteiger partial charge on any atom is 0.401 e. The second-order valence-electron chi connectivity index (χ2n) is 4.49. The van der Waals surface area contributed by atoms with Crippen molar-refractivity contribution in [3.63, 3.8) is 0 Å². The van der Waals surface area contributed by atoms with Crippen molar-refractivity contribution in [1.29, 1.82) is 0 Å². The first kappa shape index (κ1) is 16.5. The molecule has 0 heterocycles. The van der Waals surface area contributed by atoms with Crippen molar-refractivity contribution in [2.45, 2.75) is 33.0 Å². The zero-order valence-electron chi connectivity index (χ0n) is 11.7. The van der Waals surface area contributed by atoms with Gasteiger partial charge in [-0.2, -0.15) is 13.2 Å². The monoisotopic (exact) mass is 289 g/mol. The van der Waals surface area contributed by atoms with Crippen molar-refractivity contribution in [3.8, 4) is 0 Å². The molecular weight excluding hydrogens is 271 g/mol. The van der Waals surface area contributed by atoms with Crippen LogP contribution in [0.5, 0.6) is 0 Å². The van der Waals surface area contributed by atoms with E-state index in [9.17, 15) is 18.0 Å². The van der Waals surface area contributed by atoms with Crippen LogP contribution in [-0.4, -0.2) is 25.3 Å². The topological polar surface area (TPSA) is 38.3 Å². The summed E-state index contributed by atoms with van der Waals surface area (Å²) in [5.74, 6) is -0.700. The second-order valence-corrected chi connectivity index (χ2v) is 4.49. The van der Waals surface area contributed by atoms with E-state index in [1.807, 2.05) is 0 Å². The number of alkyl halides is 3. The number of carbonyl (C=O) groups is 1. The lowest BCUT2D eigenvalue weighted by Gasteiger charge is -2.22. The summed E-state index contributed by atoms with van der Waals surface area (Å²) in [5.41, 5.74) is 2.03. The van der Waals surface area contributed by atoms with Crippen LogP contribution >= 0.6 is 0 Å². The van der Waals surface area contributed by atoms with Crippen molar-refractivity contribution in [2.24, 2.45) is 0 Å². The van der Waals surface area contributed by atoms with E-state index in [0.717, 1.165) is 11.1 Å². The van der Waals surface area contributed by atoms with E-state index in [1.165, 1.54) is 0 Å². The quantitative estimate of drug-likeness (QED) is 0.847. The van der Waals surface area contributed by atoms with Gasteiger partial charge in [-0.05, 0) is 37.5 Å². The van der Waals surface area contributed by atoms with Gasteiger partial charge >= 0.3 is 12.1 Å². The number of nitrogens with one attached hydrogen (secondary N) is 1. The van der Waals surface area contributed by atoms with E-state index in [4.69, 9.17) is 4.74 Å². The van der Waals surface area contributed by atoms with Crippen LogP contribution in [0.1, 0.15) is 29.7 Å². The maximum atomic E-state index is 12.4. The minimum absolute atomic E-state index is 0.119. The second kappa shape index (κ2) is 6.74. The Hall–Kier alpha value is -1.56. The van der Waals surface area contributed by atoms with E-state index in [0.29, 0.717) is 5.56 Å². The first-order chi connectivity index (χ1) is 9.26. The first-order valence-electron chi connectivity index (χ1n) is 6.29. The number of ether oxygens (including phenoxy) is 1. The van der Waals surface area contributed by atoms with Gasteiger partial charge in [0, 0.05) is 0 Å². The van der Waals surface area contributed by atoms with Crippen LogP contribution in [0.4, 0.5) is 13.2 Å². The van der Waals surface area contributed by atoms with Crippen LogP contribution in [0.2, 0.25) is 0 Å². The van der Waals surface area contributed by atoms with Gasteiger partial charge in [-0.3, -0.25) is 5.32 Å². The molecule has 112 valence electrons. The van der Waals surface area contributed by atoms with Crippen molar-refractivity contribution in [3.05, 3.63) is 34.9 Å². The molecule has 0 radical (unpaired) electrons. The normalized spacial score (nSPS) is 13.1. The molecule has 1 rings (SSSR count). The van der Waals surface area contributed by atoms with Gasteiger partial charge in [0.1, 0.15) is 6.04 Å². The predicted molar refractivity (Wildman–Crippen MR) is 69.3 cm³/mol. The van der Waals surface area contributed by atoms with E-state index >= 15 is 0 Å². The van der Waals surface area contributed by atoms with E-state index < -0.39 is 24.7 Å². The summed E-state index contributed by atoms with van der Waals surface area (Å²) in [6.45, 7) is 4.00. The average Bonchev–Trinajstić information content (AvgIpc) is 2.31. The molecule has 0 fully saturated rings. The molecule has 0 aliphatic carbocycles. The lowest BCUT2D eigenvalue weighted by molar-refractivity contribution is -0.149. The molecule has 1 N–H and O–H groups in total. The van der Waals surface area contributed by atoms with Gasteiger partial charge in [0.25, 0.3) is 0 Å². The summed E-state index contributed by atoms with van der Waals surface area (Å²) >= 11 is 0. The largest absolute Gasteiger partial charge is 0.465 e. The fourth-order valence-electron chi connectivity index (χ4n) is 2.03. The smallest absolute Gasteiger partial charge is 0.401 e. The Kier molecular flexibility index (Phi) is 5.56. The molecule has 0 saturated heterocycles. The van der Waals surface area contributed by atoms with Gasteiger partial charge in [0.2, 0.25) is 0 Å². The lowest BCUT2D eigenvalue weighted by Crippen LogP contribution is -2.37. The van der Waals surface area contributed by atoms with E-state index in [-0.39, 0.29) is 6.61 Å². The summed E-state index contributed by atoms with van der Waals surface area (Å²) in [6, 6.07) is 4.19. The molecule has 0 spiro atoms. The molecule has 0 bridgehead atoms. The van der Waals surface area contributed by atoms with Gasteiger partial charge in [0.15, 0.2) is 0 Å². The highest BCUT2D eigenvalue weighted by Crippen LogP contribution is 2.24. The predicted octanol–water partition coefficient (Wildman–Crippen LogP) is 3.06. The van der Waals surface area contributed by atoms with Crippen LogP contribution in [-0.2, 0) is 9.53 Å². The molecule has 1 aromatic carbocycles. The van der Waals surface area contributed by atoms with Crippen LogP contribution in [0.25, 0.3) is 0 Å². The van der Waals surface area contributed by atoms with Crippen molar-refractivity contribution in [1.82, 2.24) is 5.32 Å². The van der Waals surface area contributed by atoms with Crippen molar-refractivity contribution >= 4 is 5.97 Å². The third-order valence-electron chi connectivity index (χ3n) is 2.86. The highest BCUT2D eigenvalue weighted by molar-refractivity contribution is 5.78. The number of benzene rings is 1. The standard InChI is InChI=1S/C14H18F3NO2/c1-4-20-13(19)12(18-8-14(15,16)17)11-9(2)6-5-7-10(11)3/h5-7,12,18H,4,8H2,1-3H3. The van der Waals surface area contributed by atoms with E-state index in [2.05, 4.69) is 5.32 Å². The first-order valence-corrected chi connectivity index (χ1v) is 6.29. The number of aryl methyl sites for hydroxylation is 2. The number of esters is 1. The number of rotatable bonds is 5. The SMILES string of the molecule is CCOC(=O)C(NCC(F)(F)F)c1c(C)cccc1C. The molecule has 0 aliphatic heterocycles. The highest BCUT2D eigenvalue weighted by Gasteiger charge is 2.32. The summed E-state index contributed by atoms with van der Waals surface area (Å²) in [4.78, 5) is 11.9. The molecule has 1 atom stereocenters. The Morgan fingerprint density at radius 3 is 2.30 bits per heavy atom. The molecule has 0 aromatic heterocycles. The molecule has 6 heteroatoms. The molecule has 0 saturated carbocycles. The zero-order valence-corrected chi connectivity index (χ0v) is 11.7. The molecule has 3 nitrogen and oxygen atoms in total. The number of hydrogen-bond acceptors (Lipinski definition) is 3. The molecule has 1 unspecified atom stereocenters. The maximum absolute atomic E-state index is 12.4.